The predicted octanol–water partition coefficient (Wildman–Crippen LogP) is 4.04. The van der Waals surface area contributed by atoms with Crippen molar-refractivity contribution in [3.8, 4) is 0 Å². The summed E-state index contributed by atoms with van der Waals surface area (Å²) in [5, 5.41) is 2.99. The molecule has 0 heterocycles. The molecule has 18 heavy (non-hydrogen) atoms. The summed E-state index contributed by atoms with van der Waals surface area (Å²) in [6, 6.07) is 8.06. The molecular weight excluding hydrogens is 290 g/mol. The van der Waals surface area contributed by atoms with Gasteiger partial charge in [-0.05, 0) is 30.0 Å². The molecule has 0 unspecified atom stereocenters. The average molecular weight is 310 g/mol. The number of benzene rings is 1. The lowest BCUT2D eigenvalue weighted by Gasteiger charge is -2.09. The van der Waals surface area contributed by atoms with Gasteiger partial charge in [-0.2, -0.15) is 0 Å². The van der Waals surface area contributed by atoms with E-state index in [2.05, 4.69) is 21.2 Å². The highest BCUT2D eigenvalue weighted by molar-refractivity contribution is 9.10. The van der Waals surface area contributed by atoms with Crippen LogP contribution in [0.5, 0.6) is 0 Å². The number of amides is 1. The number of carbonyl (C=O) groups excluding carboxylic acids is 1. The van der Waals surface area contributed by atoms with Gasteiger partial charge in [-0.3, -0.25) is 4.79 Å². The first-order valence-electron chi connectivity index (χ1n) is 6.75. The highest BCUT2D eigenvalue weighted by atomic mass is 79.9. The maximum Gasteiger partial charge on any atom is 0.220 e. The highest BCUT2D eigenvalue weighted by Gasteiger charge is 2.15. The molecule has 0 atom stereocenters. The molecule has 3 heteroatoms. The van der Waals surface area contributed by atoms with Crippen LogP contribution in [0.25, 0.3) is 0 Å². The second-order valence-electron chi connectivity index (χ2n) is 5.09. The van der Waals surface area contributed by atoms with E-state index < -0.39 is 0 Å². The van der Waals surface area contributed by atoms with Crippen LogP contribution in [-0.2, 0) is 11.3 Å². The van der Waals surface area contributed by atoms with Gasteiger partial charge in [0.1, 0.15) is 0 Å². The zero-order valence-electron chi connectivity index (χ0n) is 10.6. The minimum atomic E-state index is 0.185. The fourth-order valence-corrected chi connectivity index (χ4v) is 2.79. The van der Waals surface area contributed by atoms with E-state index in [-0.39, 0.29) is 5.91 Å². The molecule has 1 aliphatic carbocycles. The third-order valence-electron chi connectivity index (χ3n) is 3.66. The molecule has 1 aromatic carbocycles. The standard InChI is InChI=1S/C15H20BrNO/c16-14-8-5-13(6-9-14)11-17-15(18)10-7-12-3-1-2-4-12/h5-6,8-9,12H,1-4,7,10-11H2,(H,17,18). The van der Waals surface area contributed by atoms with Gasteiger partial charge in [-0.1, -0.05) is 53.7 Å². The molecule has 0 aromatic heterocycles. The Morgan fingerprint density at radius 1 is 1.22 bits per heavy atom. The predicted molar refractivity (Wildman–Crippen MR) is 77.2 cm³/mol. The Bertz CT molecular complexity index is 382. The van der Waals surface area contributed by atoms with Gasteiger partial charge in [0.25, 0.3) is 0 Å². The summed E-state index contributed by atoms with van der Waals surface area (Å²) in [4.78, 5) is 11.7. The smallest absolute Gasteiger partial charge is 0.220 e. The lowest BCUT2D eigenvalue weighted by atomic mass is 10.0. The van der Waals surface area contributed by atoms with E-state index in [1.807, 2.05) is 24.3 Å². The molecule has 2 nitrogen and oxygen atoms in total. The largest absolute Gasteiger partial charge is 0.352 e. The molecule has 1 aromatic rings. The Balaban J connectivity index is 1.66. The number of carbonyl (C=O) groups is 1. The molecule has 0 aliphatic heterocycles. The van der Waals surface area contributed by atoms with Crippen molar-refractivity contribution in [2.24, 2.45) is 5.92 Å². The van der Waals surface area contributed by atoms with Crippen LogP contribution >= 0.6 is 15.9 Å². The van der Waals surface area contributed by atoms with Crippen molar-refractivity contribution in [3.63, 3.8) is 0 Å². The first-order valence-corrected chi connectivity index (χ1v) is 7.54. The number of hydrogen-bond acceptors (Lipinski definition) is 1. The topological polar surface area (TPSA) is 29.1 Å². The lowest BCUT2D eigenvalue weighted by molar-refractivity contribution is -0.121. The molecule has 1 saturated carbocycles. The van der Waals surface area contributed by atoms with Crippen LogP contribution in [0.3, 0.4) is 0 Å². The summed E-state index contributed by atoms with van der Waals surface area (Å²) in [7, 11) is 0. The molecule has 2 rings (SSSR count). The third-order valence-corrected chi connectivity index (χ3v) is 4.19. The van der Waals surface area contributed by atoms with Crippen LogP contribution in [0.15, 0.2) is 28.7 Å². The van der Waals surface area contributed by atoms with E-state index in [0.717, 1.165) is 22.4 Å². The van der Waals surface area contributed by atoms with Crippen molar-refractivity contribution in [2.75, 3.05) is 0 Å². The van der Waals surface area contributed by atoms with Crippen LogP contribution in [0, 0.1) is 5.92 Å². The van der Waals surface area contributed by atoms with E-state index in [1.165, 1.54) is 25.7 Å². The van der Waals surface area contributed by atoms with Gasteiger partial charge in [0, 0.05) is 17.4 Å². The maximum atomic E-state index is 11.7. The van der Waals surface area contributed by atoms with Gasteiger partial charge in [0.2, 0.25) is 5.91 Å². The Labute approximate surface area is 117 Å². The lowest BCUT2D eigenvalue weighted by Crippen LogP contribution is -2.22. The average Bonchev–Trinajstić information content (AvgIpc) is 2.89. The Hall–Kier alpha value is -0.830. The van der Waals surface area contributed by atoms with Crippen molar-refractivity contribution >= 4 is 21.8 Å². The van der Waals surface area contributed by atoms with Crippen LogP contribution in [0.2, 0.25) is 0 Å². The first-order chi connectivity index (χ1) is 8.74. The van der Waals surface area contributed by atoms with Crippen molar-refractivity contribution < 1.29 is 4.79 Å². The molecule has 1 aliphatic rings. The van der Waals surface area contributed by atoms with Gasteiger partial charge < -0.3 is 5.32 Å². The quantitative estimate of drug-likeness (QED) is 0.874. The second-order valence-corrected chi connectivity index (χ2v) is 6.01. The van der Waals surface area contributed by atoms with Gasteiger partial charge >= 0.3 is 0 Å². The summed E-state index contributed by atoms with van der Waals surface area (Å²) in [5.74, 6) is 0.980. The fourth-order valence-electron chi connectivity index (χ4n) is 2.53. The summed E-state index contributed by atoms with van der Waals surface area (Å²) in [5.41, 5.74) is 1.15. The van der Waals surface area contributed by atoms with Gasteiger partial charge in [0.15, 0.2) is 0 Å². The summed E-state index contributed by atoms with van der Waals surface area (Å²) in [6.07, 6.45) is 7.09. The molecule has 0 saturated heterocycles. The highest BCUT2D eigenvalue weighted by Crippen LogP contribution is 2.28. The minimum absolute atomic E-state index is 0.185. The zero-order chi connectivity index (χ0) is 12.8. The molecule has 1 fully saturated rings. The Kier molecular flexibility index (Phi) is 5.24. The van der Waals surface area contributed by atoms with E-state index in [9.17, 15) is 4.79 Å². The molecule has 1 N–H and O–H groups in total. The molecule has 0 bridgehead atoms. The zero-order valence-corrected chi connectivity index (χ0v) is 12.2. The minimum Gasteiger partial charge on any atom is -0.352 e. The normalized spacial score (nSPS) is 15.8. The summed E-state index contributed by atoms with van der Waals surface area (Å²) >= 11 is 3.40. The summed E-state index contributed by atoms with van der Waals surface area (Å²) in [6.45, 7) is 0.636. The van der Waals surface area contributed by atoms with Crippen LogP contribution in [-0.4, -0.2) is 5.91 Å². The Morgan fingerprint density at radius 3 is 2.56 bits per heavy atom. The fraction of sp³-hybridized carbons (Fsp3) is 0.533. The summed E-state index contributed by atoms with van der Waals surface area (Å²) < 4.78 is 1.07. The first kappa shape index (κ1) is 13.6. The maximum absolute atomic E-state index is 11.7. The van der Waals surface area contributed by atoms with Crippen LogP contribution < -0.4 is 5.32 Å². The van der Waals surface area contributed by atoms with E-state index in [4.69, 9.17) is 0 Å². The van der Waals surface area contributed by atoms with Gasteiger partial charge in [0.05, 0.1) is 0 Å². The molecule has 0 spiro atoms. The molecular formula is C15H20BrNO. The number of halogens is 1. The SMILES string of the molecule is O=C(CCC1CCCC1)NCc1ccc(Br)cc1. The van der Waals surface area contributed by atoms with E-state index in [0.29, 0.717) is 13.0 Å². The van der Waals surface area contributed by atoms with Crippen LogP contribution in [0.4, 0.5) is 0 Å². The monoisotopic (exact) mass is 309 g/mol. The van der Waals surface area contributed by atoms with Crippen molar-refractivity contribution in [2.45, 2.75) is 45.1 Å². The number of rotatable bonds is 5. The van der Waals surface area contributed by atoms with Crippen molar-refractivity contribution in [1.82, 2.24) is 5.32 Å². The molecule has 98 valence electrons. The Morgan fingerprint density at radius 2 is 1.89 bits per heavy atom. The molecule has 1 amide bonds. The van der Waals surface area contributed by atoms with Crippen molar-refractivity contribution in [3.05, 3.63) is 34.3 Å². The van der Waals surface area contributed by atoms with E-state index in [1.54, 1.807) is 0 Å². The van der Waals surface area contributed by atoms with E-state index >= 15 is 0 Å². The van der Waals surface area contributed by atoms with Gasteiger partial charge in [-0.15, -0.1) is 0 Å². The van der Waals surface area contributed by atoms with Crippen LogP contribution in [0.1, 0.15) is 44.1 Å². The number of hydrogen-bond donors (Lipinski definition) is 1. The second kappa shape index (κ2) is 6.93. The molecule has 0 radical (unpaired) electrons. The third kappa shape index (κ3) is 4.45. The number of nitrogens with one attached hydrogen (secondary N) is 1. The van der Waals surface area contributed by atoms with Gasteiger partial charge in [-0.25, -0.2) is 0 Å². The van der Waals surface area contributed by atoms with Crippen molar-refractivity contribution in [1.29, 1.82) is 0 Å².